The normalized spacial score (nSPS) is 10.9. The first kappa shape index (κ1) is 15.0. The summed E-state index contributed by atoms with van der Waals surface area (Å²) >= 11 is 0. The monoisotopic (exact) mass is 282 g/mol. The van der Waals surface area contributed by atoms with Gasteiger partial charge >= 0.3 is 5.97 Å². The fourth-order valence-electron chi connectivity index (χ4n) is 2.30. The number of ether oxygens (including phenoxy) is 2. The number of benzene rings is 2. The van der Waals surface area contributed by atoms with E-state index in [-0.39, 0.29) is 6.61 Å². The Morgan fingerprint density at radius 1 is 1.05 bits per heavy atom. The predicted molar refractivity (Wildman–Crippen MR) is 81.8 cm³/mol. The molecule has 0 saturated carbocycles. The molecule has 3 heteroatoms. The Labute approximate surface area is 124 Å². The van der Waals surface area contributed by atoms with Crippen molar-refractivity contribution in [2.24, 2.45) is 0 Å². The summed E-state index contributed by atoms with van der Waals surface area (Å²) in [7, 11) is 1.51. The summed E-state index contributed by atoms with van der Waals surface area (Å²) in [5, 5.41) is 0. The third kappa shape index (κ3) is 2.88. The van der Waals surface area contributed by atoms with Crippen molar-refractivity contribution in [1.29, 1.82) is 0 Å². The Morgan fingerprint density at radius 3 is 1.90 bits per heavy atom. The maximum absolute atomic E-state index is 12.7. The van der Waals surface area contributed by atoms with Gasteiger partial charge in [0.2, 0.25) is 5.60 Å². The molecule has 0 N–H and O–H groups in total. The maximum atomic E-state index is 12.7. The molecule has 0 aliphatic heterocycles. The van der Waals surface area contributed by atoms with Crippen molar-refractivity contribution in [1.82, 2.24) is 0 Å². The second-order valence-corrected chi connectivity index (χ2v) is 4.50. The summed E-state index contributed by atoms with van der Waals surface area (Å²) in [6, 6.07) is 18.7. The lowest BCUT2D eigenvalue weighted by atomic mass is 9.86. The van der Waals surface area contributed by atoms with E-state index in [1.54, 1.807) is 0 Å². The number of rotatable bonds is 6. The minimum atomic E-state index is -1.27. The lowest BCUT2D eigenvalue weighted by Crippen LogP contribution is -2.40. The van der Waals surface area contributed by atoms with Crippen LogP contribution in [0.1, 0.15) is 11.1 Å². The minimum absolute atomic E-state index is 0.142. The van der Waals surface area contributed by atoms with Gasteiger partial charge < -0.3 is 9.47 Å². The van der Waals surface area contributed by atoms with Crippen molar-refractivity contribution >= 4 is 5.97 Å². The van der Waals surface area contributed by atoms with E-state index in [1.165, 1.54) is 13.2 Å². The van der Waals surface area contributed by atoms with E-state index in [9.17, 15) is 4.79 Å². The first-order valence-corrected chi connectivity index (χ1v) is 6.70. The van der Waals surface area contributed by atoms with Crippen LogP contribution in [0.2, 0.25) is 0 Å². The molecule has 0 saturated heterocycles. The molecule has 0 aromatic heterocycles. The molecule has 0 amide bonds. The van der Waals surface area contributed by atoms with E-state index < -0.39 is 11.6 Å². The quantitative estimate of drug-likeness (QED) is 0.602. The van der Waals surface area contributed by atoms with Gasteiger partial charge in [0, 0.05) is 7.11 Å². The van der Waals surface area contributed by atoms with Gasteiger partial charge in [-0.05, 0) is 11.1 Å². The molecule has 2 aromatic carbocycles. The summed E-state index contributed by atoms with van der Waals surface area (Å²) < 4.78 is 10.9. The lowest BCUT2D eigenvalue weighted by Gasteiger charge is -2.31. The van der Waals surface area contributed by atoms with Crippen molar-refractivity contribution in [2.75, 3.05) is 13.7 Å². The van der Waals surface area contributed by atoms with Crippen LogP contribution in [0.4, 0.5) is 0 Å². The van der Waals surface area contributed by atoms with Crippen molar-refractivity contribution < 1.29 is 14.3 Å². The van der Waals surface area contributed by atoms with Crippen LogP contribution in [0.3, 0.4) is 0 Å². The second-order valence-electron chi connectivity index (χ2n) is 4.50. The molecule has 0 heterocycles. The molecule has 0 spiro atoms. The van der Waals surface area contributed by atoms with E-state index in [0.29, 0.717) is 0 Å². The highest BCUT2D eigenvalue weighted by Crippen LogP contribution is 2.34. The standard InChI is InChI=1S/C18H18O3/c1-3-14-21-17(19)18(20-2,15-10-6-4-7-11-15)16-12-8-5-9-13-16/h3-13H,1,14H2,2H3. The van der Waals surface area contributed by atoms with Crippen LogP contribution < -0.4 is 0 Å². The van der Waals surface area contributed by atoms with E-state index in [1.807, 2.05) is 60.7 Å². The molecule has 108 valence electrons. The lowest BCUT2D eigenvalue weighted by molar-refractivity contribution is -0.164. The van der Waals surface area contributed by atoms with Crippen LogP contribution in [-0.2, 0) is 19.9 Å². The molecule has 21 heavy (non-hydrogen) atoms. The fourth-order valence-corrected chi connectivity index (χ4v) is 2.30. The Balaban J connectivity index is 2.57. The third-order valence-corrected chi connectivity index (χ3v) is 3.29. The van der Waals surface area contributed by atoms with Crippen LogP contribution in [0, 0.1) is 0 Å². The number of esters is 1. The van der Waals surface area contributed by atoms with E-state index in [4.69, 9.17) is 9.47 Å². The molecule has 3 nitrogen and oxygen atoms in total. The summed E-state index contributed by atoms with van der Waals surface area (Å²) in [5.74, 6) is -0.456. The van der Waals surface area contributed by atoms with Crippen LogP contribution in [0.15, 0.2) is 73.3 Å². The number of hydrogen-bond donors (Lipinski definition) is 0. The summed E-state index contributed by atoms with van der Waals surface area (Å²) in [5.41, 5.74) is 0.187. The van der Waals surface area contributed by atoms with Gasteiger partial charge in [0.15, 0.2) is 0 Å². The number of hydrogen-bond acceptors (Lipinski definition) is 3. The average Bonchev–Trinajstić information content (AvgIpc) is 2.56. The van der Waals surface area contributed by atoms with E-state index >= 15 is 0 Å². The van der Waals surface area contributed by atoms with E-state index in [0.717, 1.165) is 11.1 Å². The van der Waals surface area contributed by atoms with Gasteiger partial charge in [0.05, 0.1) is 0 Å². The zero-order valence-electron chi connectivity index (χ0n) is 12.0. The molecule has 0 atom stereocenters. The molecule has 0 fully saturated rings. The molecule has 0 unspecified atom stereocenters. The number of carbonyl (C=O) groups excluding carboxylic acids is 1. The molecular formula is C18H18O3. The van der Waals surface area contributed by atoms with Gasteiger partial charge in [-0.2, -0.15) is 0 Å². The Morgan fingerprint density at radius 2 is 1.52 bits per heavy atom. The van der Waals surface area contributed by atoms with E-state index in [2.05, 4.69) is 6.58 Å². The highest BCUT2D eigenvalue weighted by molar-refractivity contribution is 5.85. The minimum Gasteiger partial charge on any atom is -0.459 e. The van der Waals surface area contributed by atoms with Gasteiger partial charge in [-0.15, -0.1) is 0 Å². The van der Waals surface area contributed by atoms with Gasteiger partial charge in [0.25, 0.3) is 0 Å². The van der Waals surface area contributed by atoms with Crippen molar-refractivity contribution in [3.63, 3.8) is 0 Å². The first-order chi connectivity index (χ1) is 10.3. The molecule has 0 aliphatic carbocycles. The third-order valence-electron chi connectivity index (χ3n) is 3.29. The summed E-state index contributed by atoms with van der Waals surface area (Å²) in [4.78, 5) is 12.7. The average molecular weight is 282 g/mol. The number of carbonyl (C=O) groups is 1. The Kier molecular flexibility index (Phi) is 4.90. The van der Waals surface area contributed by atoms with Gasteiger partial charge in [0.1, 0.15) is 6.61 Å². The predicted octanol–water partition coefficient (Wildman–Crippen LogP) is 3.31. The largest absolute Gasteiger partial charge is 0.459 e. The smallest absolute Gasteiger partial charge is 0.348 e. The zero-order chi connectivity index (χ0) is 15.1. The van der Waals surface area contributed by atoms with Crippen LogP contribution in [0.25, 0.3) is 0 Å². The highest BCUT2D eigenvalue weighted by atomic mass is 16.6. The van der Waals surface area contributed by atoms with Crippen LogP contribution >= 0.6 is 0 Å². The number of methoxy groups -OCH3 is 1. The SMILES string of the molecule is C=CCOC(=O)C(OC)(c1ccccc1)c1ccccc1. The maximum Gasteiger partial charge on any atom is 0.348 e. The first-order valence-electron chi connectivity index (χ1n) is 6.70. The highest BCUT2D eigenvalue weighted by Gasteiger charge is 2.43. The van der Waals surface area contributed by atoms with Gasteiger partial charge in [-0.25, -0.2) is 4.79 Å². The molecule has 2 rings (SSSR count). The Bertz CT molecular complexity index is 551. The van der Waals surface area contributed by atoms with Crippen LogP contribution in [-0.4, -0.2) is 19.7 Å². The molecule has 0 aliphatic rings. The van der Waals surface area contributed by atoms with Gasteiger partial charge in [-0.1, -0.05) is 73.3 Å². The van der Waals surface area contributed by atoms with Crippen molar-refractivity contribution in [3.8, 4) is 0 Å². The van der Waals surface area contributed by atoms with Crippen LogP contribution in [0.5, 0.6) is 0 Å². The summed E-state index contributed by atoms with van der Waals surface area (Å²) in [6.07, 6.45) is 1.54. The molecule has 0 radical (unpaired) electrons. The molecule has 2 aromatic rings. The Hall–Kier alpha value is -2.39. The zero-order valence-corrected chi connectivity index (χ0v) is 12.0. The fraction of sp³-hybridized carbons (Fsp3) is 0.167. The van der Waals surface area contributed by atoms with Gasteiger partial charge in [-0.3, -0.25) is 0 Å². The topological polar surface area (TPSA) is 35.5 Å². The summed E-state index contributed by atoms with van der Waals surface area (Å²) in [6.45, 7) is 3.71. The van der Waals surface area contributed by atoms with Crippen molar-refractivity contribution in [3.05, 3.63) is 84.4 Å². The van der Waals surface area contributed by atoms with Crippen molar-refractivity contribution in [2.45, 2.75) is 5.60 Å². The second kappa shape index (κ2) is 6.86. The molecule has 0 bridgehead atoms. The molecular weight excluding hydrogens is 264 g/mol.